The van der Waals surface area contributed by atoms with Crippen molar-refractivity contribution in [3.8, 4) is 0 Å². The van der Waals surface area contributed by atoms with Crippen LogP contribution in [0.4, 0.5) is 4.39 Å². The summed E-state index contributed by atoms with van der Waals surface area (Å²) in [6.45, 7) is 1.89. The van der Waals surface area contributed by atoms with Gasteiger partial charge in [0.1, 0.15) is 9.52 Å². The topological polar surface area (TPSA) is 12.9 Å². The highest BCUT2D eigenvalue weighted by atomic mass is 127. The van der Waals surface area contributed by atoms with Crippen molar-refractivity contribution in [2.75, 3.05) is 0 Å². The Balaban J connectivity index is 3.09. The van der Waals surface area contributed by atoms with Gasteiger partial charge in [-0.2, -0.15) is 0 Å². The van der Waals surface area contributed by atoms with E-state index in [2.05, 4.69) is 27.6 Å². The summed E-state index contributed by atoms with van der Waals surface area (Å²) in [5, 5.41) is 0. The molecule has 0 aliphatic carbocycles. The van der Waals surface area contributed by atoms with Gasteiger partial charge in [0, 0.05) is 0 Å². The maximum Gasteiger partial charge on any atom is 0.144 e. The van der Waals surface area contributed by atoms with E-state index in [0.29, 0.717) is 12.1 Å². The zero-order valence-corrected chi connectivity index (χ0v) is 7.72. The van der Waals surface area contributed by atoms with E-state index in [1.54, 1.807) is 6.07 Å². The molecule has 0 aliphatic rings. The molecular weight excluding hydrogens is 244 g/mol. The summed E-state index contributed by atoms with van der Waals surface area (Å²) in [6, 6.07) is 3.11. The van der Waals surface area contributed by atoms with Crippen LogP contribution >= 0.6 is 22.6 Å². The second-order valence-corrected chi connectivity index (χ2v) is 3.02. The van der Waals surface area contributed by atoms with Crippen molar-refractivity contribution in [3.63, 3.8) is 0 Å². The van der Waals surface area contributed by atoms with E-state index in [1.807, 2.05) is 6.92 Å². The van der Waals surface area contributed by atoms with E-state index >= 15 is 0 Å². The zero-order chi connectivity index (χ0) is 7.56. The number of aromatic nitrogens is 1. The van der Waals surface area contributed by atoms with Gasteiger partial charge in [0.15, 0.2) is 0 Å². The summed E-state index contributed by atoms with van der Waals surface area (Å²) >= 11 is 2.07. The average Bonchev–Trinajstić information content (AvgIpc) is 1.94. The quantitative estimate of drug-likeness (QED) is 0.551. The number of rotatable bonds is 1. The number of hydrogen-bond acceptors (Lipinski definition) is 1. The Kier molecular flexibility index (Phi) is 2.59. The van der Waals surface area contributed by atoms with Crippen LogP contribution in [0.1, 0.15) is 12.6 Å². The molecule has 0 spiro atoms. The van der Waals surface area contributed by atoms with Gasteiger partial charge in [-0.25, -0.2) is 9.37 Å². The molecule has 0 atom stereocenters. The Morgan fingerprint density at radius 3 is 2.80 bits per heavy atom. The second-order valence-electron chi connectivity index (χ2n) is 1.92. The van der Waals surface area contributed by atoms with Crippen LogP contribution in [0, 0.1) is 9.52 Å². The molecule has 0 amide bonds. The number of pyridine rings is 1. The number of aryl methyl sites for hydroxylation is 1. The first-order valence-corrected chi connectivity index (χ1v) is 4.13. The van der Waals surface area contributed by atoms with Crippen LogP contribution in [0.2, 0.25) is 0 Å². The fraction of sp³-hybridized carbons (Fsp3) is 0.286. The Morgan fingerprint density at radius 1 is 1.60 bits per heavy atom. The molecule has 0 saturated carbocycles. The Bertz CT molecular complexity index is 237. The second kappa shape index (κ2) is 3.27. The number of nitrogens with zero attached hydrogens (tertiary/aromatic N) is 1. The maximum absolute atomic E-state index is 12.7. The molecule has 1 aromatic rings. The monoisotopic (exact) mass is 251 g/mol. The van der Waals surface area contributed by atoms with Crippen molar-refractivity contribution in [3.05, 3.63) is 27.3 Å². The lowest BCUT2D eigenvalue weighted by Crippen LogP contribution is -1.93. The molecule has 0 unspecified atom stereocenters. The molecule has 1 rings (SSSR count). The van der Waals surface area contributed by atoms with Crippen LogP contribution in [0.3, 0.4) is 0 Å². The van der Waals surface area contributed by atoms with Crippen LogP contribution in [0.25, 0.3) is 0 Å². The zero-order valence-electron chi connectivity index (χ0n) is 5.56. The lowest BCUT2D eigenvalue weighted by molar-refractivity contribution is 0.600. The van der Waals surface area contributed by atoms with Gasteiger partial charge >= 0.3 is 0 Å². The number of halogens is 2. The first kappa shape index (κ1) is 7.91. The summed E-state index contributed by atoms with van der Waals surface area (Å²) in [4.78, 5) is 4.00. The van der Waals surface area contributed by atoms with E-state index in [4.69, 9.17) is 0 Å². The number of hydrogen-bond donors (Lipinski definition) is 0. The molecule has 0 bridgehead atoms. The van der Waals surface area contributed by atoms with Crippen LogP contribution in [0.5, 0.6) is 0 Å². The highest BCUT2D eigenvalue weighted by Gasteiger charge is 1.99. The van der Waals surface area contributed by atoms with Gasteiger partial charge in [-0.05, 0) is 41.1 Å². The highest BCUT2D eigenvalue weighted by Crippen LogP contribution is 2.07. The Hall–Kier alpha value is -0.190. The predicted octanol–water partition coefficient (Wildman–Crippen LogP) is 2.39. The lowest BCUT2D eigenvalue weighted by Gasteiger charge is -1.97. The van der Waals surface area contributed by atoms with Crippen molar-refractivity contribution in [1.29, 1.82) is 0 Å². The maximum atomic E-state index is 12.7. The summed E-state index contributed by atoms with van der Waals surface area (Å²) in [7, 11) is 0. The van der Waals surface area contributed by atoms with Crippen molar-refractivity contribution in [2.45, 2.75) is 13.3 Å². The summed E-state index contributed by atoms with van der Waals surface area (Å²) in [5.74, 6) is -0.206. The smallest absolute Gasteiger partial charge is 0.144 e. The SMILES string of the molecule is CCc1nc(I)ccc1F. The standard InChI is InChI=1S/C7H7FIN/c1-2-6-5(8)3-4-7(9)10-6/h3-4H,2H2,1H3. The van der Waals surface area contributed by atoms with E-state index in [9.17, 15) is 4.39 Å². The minimum absolute atomic E-state index is 0.206. The Morgan fingerprint density at radius 2 is 2.30 bits per heavy atom. The summed E-state index contributed by atoms with van der Waals surface area (Å²) < 4.78 is 13.5. The normalized spacial score (nSPS) is 9.90. The van der Waals surface area contributed by atoms with Crippen LogP contribution in [0.15, 0.2) is 12.1 Å². The third-order valence-corrected chi connectivity index (χ3v) is 1.82. The molecule has 0 saturated heterocycles. The molecule has 0 aromatic carbocycles. The molecule has 54 valence electrons. The van der Waals surface area contributed by atoms with Crippen molar-refractivity contribution < 1.29 is 4.39 Å². The summed E-state index contributed by atoms with van der Waals surface area (Å²) in [5.41, 5.74) is 0.548. The van der Waals surface area contributed by atoms with Crippen molar-refractivity contribution >= 4 is 22.6 Å². The minimum atomic E-state index is -0.206. The molecule has 0 radical (unpaired) electrons. The largest absolute Gasteiger partial charge is 0.244 e. The lowest BCUT2D eigenvalue weighted by atomic mass is 10.3. The third-order valence-electron chi connectivity index (χ3n) is 1.22. The van der Waals surface area contributed by atoms with Crippen molar-refractivity contribution in [1.82, 2.24) is 4.98 Å². The van der Waals surface area contributed by atoms with E-state index < -0.39 is 0 Å². The van der Waals surface area contributed by atoms with Crippen LogP contribution in [-0.2, 0) is 6.42 Å². The fourth-order valence-electron chi connectivity index (χ4n) is 0.706. The van der Waals surface area contributed by atoms with Gasteiger partial charge in [0.25, 0.3) is 0 Å². The Labute approximate surface area is 72.8 Å². The molecule has 10 heavy (non-hydrogen) atoms. The predicted molar refractivity (Wildman–Crippen MR) is 46.3 cm³/mol. The molecular formula is C7H7FIN. The first-order valence-electron chi connectivity index (χ1n) is 3.05. The first-order chi connectivity index (χ1) is 4.74. The van der Waals surface area contributed by atoms with Gasteiger partial charge < -0.3 is 0 Å². The van der Waals surface area contributed by atoms with E-state index in [1.165, 1.54) is 6.07 Å². The average molecular weight is 251 g/mol. The van der Waals surface area contributed by atoms with Crippen molar-refractivity contribution in [2.24, 2.45) is 0 Å². The van der Waals surface area contributed by atoms with Gasteiger partial charge in [0.05, 0.1) is 5.69 Å². The van der Waals surface area contributed by atoms with E-state index in [-0.39, 0.29) is 5.82 Å². The minimum Gasteiger partial charge on any atom is -0.244 e. The summed E-state index contributed by atoms with van der Waals surface area (Å²) in [6.07, 6.45) is 0.655. The van der Waals surface area contributed by atoms with Gasteiger partial charge in [0.2, 0.25) is 0 Å². The van der Waals surface area contributed by atoms with Crippen LogP contribution < -0.4 is 0 Å². The molecule has 0 aliphatic heterocycles. The van der Waals surface area contributed by atoms with Gasteiger partial charge in [-0.15, -0.1) is 0 Å². The molecule has 3 heteroatoms. The van der Waals surface area contributed by atoms with E-state index in [0.717, 1.165) is 3.70 Å². The van der Waals surface area contributed by atoms with Gasteiger partial charge in [-0.1, -0.05) is 6.92 Å². The molecule has 0 N–H and O–H groups in total. The van der Waals surface area contributed by atoms with Gasteiger partial charge in [-0.3, -0.25) is 0 Å². The van der Waals surface area contributed by atoms with Crippen LogP contribution in [-0.4, -0.2) is 4.98 Å². The molecule has 1 nitrogen and oxygen atoms in total. The molecule has 0 fully saturated rings. The fourth-order valence-corrected chi connectivity index (χ4v) is 1.18. The molecule has 1 heterocycles. The third kappa shape index (κ3) is 1.65. The molecule has 1 aromatic heterocycles. The highest BCUT2D eigenvalue weighted by molar-refractivity contribution is 14.1.